The summed E-state index contributed by atoms with van der Waals surface area (Å²) < 4.78 is 0. The van der Waals surface area contributed by atoms with Crippen molar-refractivity contribution in [3.63, 3.8) is 0 Å². The minimum atomic E-state index is -0.193. The van der Waals surface area contributed by atoms with E-state index in [1.165, 1.54) is 6.08 Å². The topological polar surface area (TPSA) is 29.1 Å². The molecule has 0 aromatic heterocycles. The van der Waals surface area contributed by atoms with Crippen LogP contribution in [0.2, 0.25) is 5.02 Å². The Morgan fingerprint density at radius 1 is 1.33 bits per heavy atom. The number of allylic oxidation sites excluding steroid dienone is 3. The summed E-state index contributed by atoms with van der Waals surface area (Å²) in [4.78, 5) is 11.3. The van der Waals surface area contributed by atoms with Crippen LogP contribution in [-0.4, -0.2) is 5.91 Å². The van der Waals surface area contributed by atoms with Gasteiger partial charge in [0.25, 0.3) is 0 Å². The van der Waals surface area contributed by atoms with Crippen LogP contribution in [0.15, 0.2) is 48.6 Å². The second-order valence-corrected chi connectivity index (χ2v) is 3.26. The molecule has 1 amide bonds. The van der Waals surface area contributed by atoms with Gasteiger partial charge in [0, 0.05) is 6.08 Å². The first-order valence-electron chi connectivity index (χ1n) is 4.59. The summed E-state index contributed by atoms with van der Waals surface area (Å²) in [6.07, 6.45) is 6.75. The lowest BCUT2D eigenvalue weighted by Gasteiger charge is -2.03. The van der Waals surface area contributed by atoms with Crippen molar-refractivity contribution >= 4 is 23.2 Å². The van der Waals surface area contributed by atoms with Gasteiger partial charge in [-0.05, 0) is 19.1 Å². The van der Waals surface area contributed by atoms with Gasteiger partial charge in [0.1, 0.15) is 0 Å². The zero-order valence-corrected chi connectivity index (χ0v) is 9.16. The smallest absolute Gasteiger partial charge is 0.248 e. The average molecular weight is 222 g/mol. The lowest BCUT2D eigenvalue weighted by Crippen LogP contribution is -2.07. The Hall–Kier alpha value is -1.54. The molecule has 0 aliphatic rings. The number of anilines is 1. The van der Waals surface area contributed by atoms with Crippen molar-refractivity contribution in [3.05, 3.63) is 53.6 Å². The average Bonchev–Trinajstić information content (AvgIpc) is 2.22. The van der Waals surface area contributed by atoms with Gasteiger partial charge < -0.3 is 5.32 Å². The molecule has 1 aromatic carbocycles. The molecule has 1 N–H and O–H groups in total. The summed E-state index contributed by atoms with van der Waals surface area (Å²) >= 11 is 5.88. The van der Waals surface area contributed by atoms with Gasteiger partial charge in [-0.25, -0.2) is 0 Å². The van der Waals surface area contributed by atoms with E-state index in [4.69, 9.17) is 11.6 Å². The normalized spacial score (nSPS) is 11.1. The van der Waals surface area contributed by atoms with E-state index in [1.807, 2.05) is 25.1 Å². The summed E-state index contributed by atoms with van der Waals surface area (Å²) in [5.41, 5.74) is 0.620. The standard InChI is InChI=1S/C12H12ClNO/c1-2-3-4-9-12(15)14-11-8-6-5-7-10(11)13/h2-9H,1H3,(H,14,15)/b3-2+,9-4+. The molecular formula is C12H12ClNO. The zero-order valence-electron chi connectivity index (χ0n) is 8.41. The Bertz CT molecular complexity index is 396. The first-order chi connectivity index (χ1) is 7.24. The van der Waals surface area contributed by atoms with Crippen LogP contribution in [0.4, 0.5) is 5.69 Å². The molecule has 0 heterocycles. The highest BCUT2D eigenvalue weighted by Crippen LogP contribution is 2.20. The van der Waals surface area contributed by atoms with Gasteiger partial charge in [-0.3, -0.25) is 4.79 Å². The van der Waals surface area contributed by atoms with Crippen LogP contribution in [0, 0.1) is 0 Å². The van der Waals surface area contributed by atoms with E-state index in [9.17, 15) is 4.79 Å². The summed E-state index contributed by atoms with van der Waals surface area (Å²) in [5.74, 6) is -0.193. The van der Waals surface area contributed by atoms with E-state index in [1.54, 1.807) is 24.3 Å². The van der Waals surface area contributed by atoms with Crippen LogP contribution in [0.1, 0.15) is 6.92 Å². The second-order valence-electron chi connectivity index (χ2n) is 2.85. The number of hydrogen-bond acceptors (Lipinski definition) is 1. The molecule has 0 saturated carbocycles. The molecule has 1 aromatic rings. The van der Waals surface area contributed by atoms with Gasteiger partial charge >= 0.3 is 0 Å². The molecule has 0 saturated heterocycles. The van der Waals surface area contributed by atoms with Crippen LogP contribution >= 0.6 is 11.6 Å². The molecule has 0 aliphatic heterocycles. The highest BCUT2D eigenvalue weighted by molar-refractivity contribution is 6.33. The van der Waals surface area contributed by atoms with E-state index < -0.39 is 0 Å². The largest absolute Gasteiger partial charge is 0.321 e. The molecule has 1 rings (SSSR count). The maximum atomic E-state index is 11.3. The van der Waals surface area contributed by atoms with Crippen molar-refractivity contribution in [2.75, 3.05) is 5.32 Å². The number of nitrogens with one attached hydrogen (secondary N) is 1. The molecule has 0 bridgehead atoms. The highest BCUT2D eigenvalue weighted by Gasteiger charge is 2.00. The lowest BCUT2D eigenvalue weighted by molar-refractivity contribution is -0.111. The predicted molar refractivity (Wildman–Crippen MR) is 64.0 cm³/mol. The van der Waals surface area contributed by atoms with E-state index in [-0.39, 0.29) is 5.91 Å². The molecule has 3 heteroatoms. The maximum Gasteiger partial charge on any atom is 0.248 e. The van der Waals surface area contributed by atoms with Crippen LogP contribution in [-0.2, 0) is 4.79 Å². The van der Waals surface area contributed by atoms with Crippen LogP contribution in [0.3, 0.4) is 0 Å². The Labute approximate surface area is 94.3 Å². The maximum absolute atomic E-state index is 11.3. The van der Waals surface area contributed by atoms with E-state index in [2.05, 4.69) is 5.32 Å². The van der Waals surface area contributed by atoms with Gasteiger partial charge in [-0.2, -0.15) is 0 Å². The fraction of sp³-hybridized carbons (Fsp3) is 0.0833. The van der Waals surface area contributed by atoms with Gasteiger partial charge in [0.05, 0.1) is 10.7 Å². The SMILES string of the molecule is C/C=C/C=C/C(=O)Nc1ccccc1Cl. The zero-order chi connectivity index (χ0) is 11.1. The third-order valence-corrected chi connectivity index (χ3v) is 2.01. The molecule has 0 spiro atoms. The van der Waals surface area contributed by atoms with Crippen molar-refractivity contribution in [2.24, 2.45) is 0 Å². The quantitative estimate of drug-likeness (QED) is 0.615. The lowest BCUT2D eigenvalue weighted by atomic mass is 10.3. The molecular weight excluding hydrogens is 210 g/mol. The third kappa shape index (κ3) is 4.00. The van der Waals surface area contributed by atoms with E-state index in [0.29, 0.717) is 10.7 Å². The summed E-state index contributed by atoms with van der Waals surface area (Å²) in [6, 6.07) is 7.11. The van der Waals surface area contributed by atoms with E-state index >= 15 is 0 Å². The summed E-state index contributed by atoms with van der Waals surface area (Å²) in [5, 5.41) is 3.21. The second kappa shape index (κ2) is 6.04. The Morgan fingerprint density at radius 3 is 2.73 bits per heavy atom. The van der Waals surface area contributed by atoms with Crippen LogP contribution < -0.4 is 5.32 Å². The van der Waals surface area contributed by atoms with Crippen molar-refractivity contribution in [2.45, 2.75) is 6.92 Å². The molecule has 0 radical (unpaired) electrons. The number of para-hydroxylation sites is 1. The monoisotopic (exact) mass is 221 g/mol. The fourth-order valence-electron chi connectivity index (χ4n) is 0.991. The van der Waals surface area contributed by atoms with Crippen LogP contribution in [0.5, 0.6) is 0 Å². The molecule has 0 aliphatic carbocycles. The van der Waals surface area contributed by atoms with Crippen molar-refractivity contribution in [1.29, 1.82) is 0 Å². The molecule has 0 atom stereocenters. The van der Waals surface area contributed by atoms with Crippen molar-refractivity contribution < 1.29 is 4.79 Å². The van der Waals surface area contributed by atoms with Gasteiger partial charge in [-0.1, -0.05) is 42.0 Å². The Balaban J connectivity index is 2.63. The summed E-state index contributed by atoms with van der Waals surface area (Å²) in [7, 11) is 0. The minimum absolute atomic E-state index is 0.193. The molecule has 0 unspecified atom stereocenters. The van der Waals surface area contributed by atoms with Gasteiger partial charge in [0.15, 0.2) is 0 Å². The van der Waals surface area contributed by atoms with Crippen molar-refractivity contribution in [1.82, 2.24) is 0 Å². The molecule has 15 heavy (non-hydrogen) atoms. The number of hydrogen-bond donors (Lipinski definition) is 1. The third-order valence-electron chi connectivity index (χ3n) is 1.68. The fourth-order valence-corrected chi connectivity index (χ4v) is 1.17. The number of rotatable bonds is 3. The number of halogens is 1. The minimum Gasteiger partial charge on any atom is -0.321 e. The number of amides is 1. The Kier molecular flexibility index (Phi) is 4.64. The Morgan fingerprint density at radius 2 is 2.07 bits per heavy atom. The highest BCUT2D eigenvalue weighted by atomic mass is 35.5. The van der Waals surface area contributed by atoms with Gasteiger partial charge in [-0.15, -0.1) is 0 Å². The van der Waals surface area contributed by atoms with E-state index in [0.717, 1.165) is 0 Å². The predicted octanol–water partition coefficient (Wildman–Crippen LogP) is 3.41. The first kappa shape index (κ1) is 11.5. The number of carbonyl (C=O) groups excluding carboxylic acids is 1. The number of benzene rings is 1. The molecule has 78 valence electrons. The number of carbonyl (C=O) groups is 1. The molecule has 0 fully saturated rings. The van der Waals surface area contributed by atoms with Crippen molar-refractivity contribution in [3.8, 4) is 0 Å². The summed E-state index contributed by atoms with van der Waals surface area (Å²) in [6.45, 7) is 1.89. The molecule has 2 nitrogen and oxygen atoms in total. The van der Waals surface area contributed by atoms with Crippen LogP contribution in [0.25, 0.3) is 0 Å². The first-order valence-corrected chi connectivity index (χ1v) is 4.96. The van der Waals surface area contributed by atoms with Gasteiger partial charge in [0.2, 0.25) is 5.91 Å².